The van der Waals surface area contributed by atoms with E-state index in [2.05, 4.69) is 14.9 Å². The van der Waals surface area contributed by atoms with Crippen LogP contribution in [0.1, 0.15) is 24.8 Å². The van der Waals surface area contributed by atoms with Crippen LogP contribution in [0.2, 0.25) is 5.02 Å². The van der Waals surface area contributed by atoms with E-state index in [0.29, 0.717) is 5.02 Å². The smallest absolute Gasteiger partial charge is 0.235 e. The molecule has 0 atom stereocenters. The first-order valence-corrected chi connectivity index (χ1v) is 9.34. The van der Waals surface area contributed by atoms with Crippen molar-refractivity contribution in [3.63, 3.8) is 0 Å². The summed E-state index contributed by atoms with van der Waals surface area (Å²) in [5.41, 5.74) is 3.22. The van der Waals surface area contributed by atoms with E-state index in [4.69, 9.17) is 11.6 Å². The molecule has 4 nitrogen and oxygen atoms in total. The van der Waals surface area contributed by atoms with Crippen LogP contribution in [0.25, 0.3) is 11.3 Å². The Kier molecular flexibility index (Phi) is 4.27. The number of rotatable bonds is 4. The molecule has 2 aromatic carbocycles. The van der Waals surface area contributed by atoms with Crippen LogP contribution >= 0.6 is 23.1 Å². The first kappa shape index (κ1) is 16.2. The number of amides is 1. The van der Waals surface area contributed by atoms with Gasteiger partial charge in [0.15, 0.2) is 0 Å². The summed E-state index contributed by atoms with van der Waals surface area (Å²) in [6, 6.07) is 15.3. The normalized spacial score (nSPS) is 15.4. The summed E-state index contributed by atoms with van der Waals surface area (Å²) in [7, 11) is 0. The summed E-state index contributed by atoms with van der Waals surface area (Å²) in [6.45, 7) is 0. The first-order valence-electron chi connectivity index (χ1n) is 8.12. The topological polar surface area (TPSA) is 54.9 Å². The maximum absolute atomic E-state index is 13.0. The van der Waals surface area contributed by atoms with E-state index in [0.717, 1.165) is 41.8 Å². The molecular formula is C19H16ClN3OS. The maximum atomic E-state index is 13.0. The van der Waals surface area contributed by atoms with Crippen molar-refractivity contribution in [1.29, 1.82) is 0 Å². The molecule has 1 N–H and O–H groups in total. The van der Waals surface area contributed by atoms with Crippen LogP contribution in [0.3, 0.4) is 0 Å². The largest absolute Gasteiger partial charge is 0.325 e. The Labute approximate surface area is 155 Å². The fourth-order valence-corrected chi connectivity index (χ4v) is 3.80. The zero-order valence-corrected chi connectivity index (χ0v) is 15.0. The summed E-state index contributed by atoms with van der Waals surface area (Å²) in [4.78, 5) is 13.0. The van der Waals surface area contributed by atoms with Gasteiger partial charge in [-0.05, 0) is 54.2 Å². The molecule has 25 heavy (non-hydrogen) atoms. The third kappa shape index (κ3) is 3.05. The van der Waals surface area contributed by atoms with Crippen molar-refractivity contribution in [2.45, 2.75) is 24.7 Å². The zero-order valence-electron chi connectivity index (χ0n) is 13.4. The lowest BCUT2D eigenvalue weighted by Crippen LogP contribution is -2.45. The molecule has 0 aliphatic heterocycles. The van der Waals surface area contributed by atoms with Gasteiger partial charge in [0.25, 0.3) is 0 Å². The third-order valence-electron chi connectivity index (χ3n) is 4.84. The van der Waals surface area contributed by atoms with Crippen LogP contribution in [0.5, 0.6) is 0 Å². The quantitative estimate of drug-likeness (QED) is 0.710. The highest BCUT2D eigenvalue weighted by Gasteiger charge is 2.45. The van der Waals surface area contributed by atoms with Gasteiger partial charge in [0, 0.05) is 21.7 Å². The van der Waals surface area contributed by atoms with Crippen molar-refractivity contribution < 1.29 is 4.79 Å². The molecule has 0 radical (unpaired) electrons. The minimum atomic E-state index is -0.442. The van der Waals surface area contributed by atoms with Gasteiger partial charge in [-0.1, -0.05) is 46.8 Å². The average Bonchev–Trinajstić information content (AvgIpc) is 3.11. The average molecular weight is 370 g/mol. The standard InChI is InChI=1S/C19H16ClN3OS/c20-15-6-4-14(5-7-15)19(10-1-11-19)18(24)21-16-8-2-13(3-9-16)17-12-25-23-22-17/h2-9,12H,1,10-11H2,(H,21,24). The number of hydrogen-bond donors (Lipinski definition) is 1. The van der Waals surface area contributed by atoms with Crippen LogP contribution in [0, 0.1) is 0 Å². The van der Waals surface area contributed by atoms with E-state index in [9.17, 15) is 4.79 Å². The fraction of sp³-hybridized carbons (Fsp3) is 0.211. The Morgan fingerprint density at radius 1 is 1.08 bits per heavy atom. The molecule has 0 unspecified atom stereocenters. The molecule has 4 rings (SSSR count). The molecule has 1 aliphatic carbocycles. The Morgan fingerprint density at radius 3 is 2.36 bits per heavy atom. The molecule has 1 saturated carbocycles. The lowest BCUT2D eigenvalue weighted by molar-refractivity contribution is -0.124. The number of halogens is 1. The molecule has 0 saturated heterocycles. The number of benzene rings is 2. The molecule has 1 heterocycles. The van der Waals surface area contributed by atoms with E-state index in [1.165, 1.54) is 11.5 Å². The molecule has 0 spiro atoms. The summed E-state index contributed by atoms with van der Waals surface area (Å²) in [5.74, 6) is 0.0455. The van der Waals surface area contributed by atoms with Gasteiger partial charge in [0.1, 0.15) is 5.69 Å². The molecule has 1 aromatic heterocycles. The van der Waals surface area contributed by atoms with Gasteiger partial charge in [0.2, 0.25) is 5.91 Å². The van der Waals surface area contributed by atoms with Crippen molar-refractivity contribution in [2.24, 2.45) is 0 Å². The molecule has 1 amide bonds. The number of carbonyl (C=O) groups excluding carboxylic acids is 1. The van der Waals surface area contributed by atoms with E-state index in [1.807, 2.05) is 53.9 Å². The molecule has 126 valence electrons. The fourth-order valence-electron chi connectivity index (χ4n) is 3.21. The van der Waals surface area contributed by atoms with E-state index >= 15 is 0 Å². The second kappa shape index (κ2) is 6.58. The molecule has 6 heteroatoms. The number of anilines is 1. The number of nitrogens with zero attached hydrogens (tertiary/aromatic N) is 2. The highest BCUT2D eigenvalue weighted by Crippen LogP contribution is 2.44. The molecule has 1 aliphatic rings. The number of carbonyl (C=O) groups is 1. The van der Waals surface area contributed by atoms with Gasteiger partial charge in [-0.3, -0.25) is 4.79 Å². The second-order valence-electron chi connectivity index (χ2n) is 6.26. The molecular weight excluding hydrogens is 354 g/mol. The Bertz CT molecular complexity index is 872. The van der Waals surface area contributed by atoms with Gasteiger partial charge in [-0.15, -0.1) is 5.10 Å². The third-order valence-corrected chi connectivity index (χ3v) is 5.59. The van der Waals surface area contributed by atoms with Crippen LogP contribution < -0.4 is 5.32 Å². The van der Waals surface area contributed by atoms with Crippen LogP contribution in [0.4, 0.5) is 5.69 Å². The van der Waals surface area contributed by atoms with Gasteiger partial charge in [-0.2, -0.15) is 0 Å². The van der Waals surface area contributed by atoms with Gasteiger partial charge in [0.05, 0.1) is 5.41 Å². The van der Waals surface area contributed by atoms with Crippen molar-refractivity contribution in [2.75, 3.05) is 5.32 Å². The van der Waals surface area contributed by atoms with Gasteiger partial charge in [-0.25, -0.2) is 0 Å². The summed E-state index contributed by atoms with van der Waals surface area (Å²) >= 11 is 7.30. The lowest BCUT2D eigenvalue weighted by atomic mass is 9.64. The minimum absolute atomic E-state index is 0.0455. The second-order valence-corrected chi connectivity index (χ2v) is 7.31. The van der Waals surface area contributed by atoms with Gasteiger partial charge < -0.3 is 5.32 Å². The SMILES string of the molecule is O=C(Nc1ccc(-c2csnn2)cc1)C1(c2ccc(Cl)cc2)CCC1. The summed E-state index contributed by atoms with van der Waals surface area (Å²) in [5, 5.41) is 9.71. The Morgan fingerprint density at radius 2 is 1.80 bits per heavy atom. The minimum Gasteiger partial charge on any atom is -0.325 e. The summed E-state index contributed by atoms with van der Waals surface area (Å²) < 4.78 is 3.87. The predicted octanol–water partition coefficient (Wildman–Crippen LogP) is 4.92. The molecule has 3 aromatic rings. The van der Waals surface area contributed by atoms with E-state index in [1.54, 1.807) is 0 Å². The number of aromatic nitrogens is 2. The first-order chi connectivity index (χ1) is 12.2. The van der Waals surface area contributed by atoms with Crippen molar-refractivity contribution in [3.05, 3.63) is 64.5 Å². The lowest BCUT2D eigenvalue weighted by Gasteiger charge is -2.40. The monoisotopic (exact) mass is 369 g/mol. The zero-order chi connectivity index (χ0) is 17.3. The predicted molar refractivity (Wildman–Crippen MR) is 101 cm³/mol. The van der Waals surface area contributed by atoms with Crippen LogP contribution in [0.15, 0.2) is 53.9 Å². The highest BCUT2D eigenvalue weighted by atomic mass is 35.5. The number of nitrogens with one attached hydrogen (secondary N) is 1. The van der Waals surface area contributed by atoms with Crippen molar-refractivity contribution in [3.8, 4) is 11.3 Å². The van der Waals surface area contributed by atoms with Crippen LogP contribution in [-0.4, -0.2) is 15.5 Å². The Balaban J connectivity index is 1.53. The van der Waals surface area contributed by atoms with E-state index in [-0.39, 0.29) is 5.91 Å². The Hall–Kier alpha value is -2.24. The maximum Gasteiger partial charge on any atom is 0.235 e. The molecule has 0 bridgehead atoms. The molecule has 1 fully saturated rings. The van der Waals surface area contributed by atoms with Crippen molar-refractivity contribution >= 4 is 34.7 Å². The highest BCUT2D eigenvalue weighted by molar-refractivity contribution is 7.03. The summed E-state index contributed by atoms with van der Waals surface area (Å²) in [6.07, 6.45) is 2.79. The van der Waals surface area contributed by atoms with E-state index < -0.39 is 5.41 Å². The van der Waals surface area contributed by atoms with Crippen LogP contribution in [-0.2, 0) is 10.2 Å². The van der Waals surface area contributed by atoms with Gasteiger partial charge >= 0.3 is 0 Å². The van der Waals surface area contributed by atoms with Crippen molar-refractivity contribution in [1.82, 2.24) is 9.59 Å². The number of hydrogen-bond acceptors (Lipinski definition) is 4.